The lowest BCUT2D eigenvalue weighted by Crippen LogP contribution is -2.37. The van der Waals surface area contributed by atoms with Gasteiger partial charge in [-0.05, 0) is 56.8 Å². The minimum atomic E-state index is -0.482. The Morgan fingerprint density at radius 3 is 2.41 bits per heavy atom. The van der Waals surface area contributed by atoms with E-state index in [4.69, 9.17) is 9.15 Å². The van der Waals surface area contributed by atoms with Crippen molar-refractivity contribution in [1.29, 1.82) is 0 Å². The number of ether oxygens (including phenoxy) is 1. The molecule has 3 aromatic rings. The molecule has 1 aromatic heterocycles. The van der Waals surface area contributed by atoms with Crippen LogP contribution in [0.3, 0.4) is 0 Å². The Morgan fingerprint density at radius 2 is 1.75 bits per heavy atom. The molecule has 0 N–H and O–H groups in total. The molecule has 0 radical (unpaired) electrons. The number of amides is 1. The molecule has 0 bridgehead atoms. The quantitative estimate of drug-likeness (QED) is 0.526. The van der Waals surface area contributed by atoms with Crippen molar-refractivity contribution in [3.05, 3.63) is 75.1 Å². The summed E-state index contributed by atoms with van der Waals surface area (Å²) >= 11 is 0. The highest BCUT2D eigenvalue weighted by Crippen LogP contribution is 2.38. The van der Waals surface area contributed by atoms with E-state index in [0.29, 0.717) is 29.7 Å². The van der Waals surface area contributed by atoms with Crippen LogP contribution in [0.15, 0.2) is 51.7 Å². The summed E-state index contributed by atoms with van der Waals surface area (Å²) in [6, 6.07) is 12.6. The van der Waals surface area contributed by atoms with Crippen LogP contribution in [0.4, 0.5) is 0 Å². The van der Waals surface area contributed by atoms with Gasteiger partial charge in [-0.15, -0.1) is 0 Å². The molecule has 1 aliphatic heterocycles. The number of benzene rings is 2. The zero-order valence-electron chi connectivity index (χ0n) is 19.2. The van der Waals surface area contributed by atoms with Crippen LogP contribution in [0.5, 0.6) is 5.75 Å². The van der Waals surface area contributed by atoms with Gasteiger partial charge in [-0.25, -0.2) is 0 Å². The standard InChI is InChI=1S/C26H30N2O4/c1-5-27(6-2)14-15-28-23(18-9-11-19(12-10-18)31-7-3)22-24(29)20-16-17(4)8-13-21(20)32-25(22)26(28)30/h8-13,16,23H,5-7,14-15H2,1-4H3. The molecule has 2 heterocycles. The topological polar surface area (TPSA) is 63.0 Å². The summed E-state index contributed by atoms with van der Waals surface area (Å²) in [6.45, 7) is 11.7. The van der Waals surface area contributed by atoms with Gasteiger partial charge in [0.2, 0.25) is 5.76 Å². The second-order valence-corrected chi connectivity index (χ2v) is 8.10. The second-order valence-electron chi connectivity index (χ2n) is 8.10. The van der Waals surface area contributed by atoms with Gasteiger partial charge in [0.25, 0.3) is 5.91 Å². The normalized spacial score (nSPS) is 15.6. The summed E-state index contributed by atoms with van der Waals surface area (Å²) in [5.74, 6) is 0.687. The molecular formula is C26H30N2O4. The fourth-order valence-electron chi connectivity index (χ4n) is 4.41. The van der Waals surface area contributed by atoms with Gasteiger partial charge in [0, 0.05) is 13.1 Å². The van der Waals surface area contributed by atoms with E-state index in [2.05, 4.69) is 18.7 Å². The summed E-state index contributed by atoms with van der Waals surface area (Å²) < 4.78 is 11.6. The van der Waals surface area contributed by atoms with E-state index in [0.717, 1.165) is 36.5 Å². The fourth-order valence-corrected chi connectivity index (χ4v) is 4.41. The van der Waals surface area contributed by atoms with Gasteiger partial charge in [-0.1, -0.05) is 37.6 Å². The predicted octanol–water partition coefficient (Wildman–Crippen LogP) is 4.39. The lowest BCUT2D eigenvalue weighted by Gasteiger charge is -2.28. The van der Waals surface area contributed by atoms with Crippen molar-refractivity contribution < 1.29 is 13.9 Å². The minimum absolute atomic E-state index is 0.137. The average Bonchev–Trinajstić information content (AvgIpc) is 3.08. The van der Waals surface area contributed by atoms with Crippen molar-refractivity contribution in [3.8, 4) is 5.75 Å². The number of nitrogens with zero attached hydrogens (tertiary/aromatic N) is 2. The maximum atomic E-state index is 13.6. The molecular weight excluding hydrogens is 404 g/mol. The second kappa shape index (κ2) is 9.17. The molecule has 6 nitrogen and oxygen atoms in total. The summed E-state index contributed by atoms with van der Waals surface area (Å²) in [5, 5.41) is 0.512. The largest absolute Gasteiger partial charge is 0.494 e. The molecule has 1 unspecified atom stereocenters. The van der Waals surface area contributed by atoms with E-state index in [1.807, 2.05) is 50.2 Å². The number of fused-ring (bicyclic) bond motifs is 2. The number of hydrogen-bond acceptors (Lipinski definition) is 5. The minimum Gasteiger partial charge on any atom is -0.494 e. The van der Waals surface area contributed by atoms with Crippen molar-refractivity contribution in [2.45, 2.75) is 33.7 Å². The molecule has 0 saturated carbocycles. The maximum Gasteiger partial charge on any atom is 0.290 e. The van der Waals surface area contributed by atoms with Gasteiger partial charge in [-0.3, -0.25) is 9.59 Å². The van der Waals surface area contributed by atoms with Crippen molar-refractivity contribution in [2.75, 3.05) is 32.8 Å². The highest BCUT2D eigenvalue weighted by atomic mass is 16.5. The first-order valence-electron chi connectivity index (χ1n) is 11.3. The van der Waals surface area contributed by atoms with Crippen LogP contribution in [0.1, 0.15) is 54.1 Å². The van der Waals surface area contributed by atoms with Crippen LogP contribution >= 0.6 is 0 Å². The third-order valence-electron chi connectivity index (χ3n) is 6.18. The molecule has 1 aliphatic rings. The van der Waals surface area contributed by atoms with Gasteiger partial charge < -0.3 is 19.0 Å². The molecule has 168 valence electrons. The van der Waals surface area contributed by atoms with Crippen LogP contribution < -0.4 is 10.2 Å². The number of aryl methyl sites for hydroxylation is 1. The zero-order chi connectivity index (χ0) is 22.8. The van der Waals surface area contributed by atoms with Gasteiger partial charge in [-0.2, -0.15) is 0 Å². The van der Waals surface area contributed by atoms with Gasteiger partial charge >= 0.3 is 0 Å². The Labute approximate surface area is 188 Å². The van der Waals surface area contributed by atoms with E-state index in [9.17, 15) is 9.59 Å². The molecule has 32 heavy (non-hydrogen) atoms. The van der Waals surface area contributed by atoms with Crippen LogP contribution in [0.2, 0.25) is 0 Å². The third kappa shape index (κ3) is 3.91. The summed E-state index contributed by atoms with van der Waals surface area (Å²) in [6.07, 6.45) is 0. The lowest BCUT2D eigenvalue weighted by atomic mass is 9.98. The highest BCUT2D eigenvalue weighted by molar-refractivity contribution is 5.99. The average molecular weight is 435 g/mol. The summed E-state index contributed by atoms with van der Waals surface area (Å²) in [5.41, 5.74) is 2.59. The Kier molecular flexibility index (Phi) is 6.33. The predicted molar refractivity (Wildman–Crippen MR) is 125 cm³/mol. The molecule has 0 fully saturated rings. The SMILES string of the molecule is CCOc1ccc(C2c3c(oc4ccc(C)cc4c3=O)C(=O)N2CCN(CC)CC)cc1. The first-order valence-corrected chi connectivity index (χ1v) is 11.3. The summed E-state index contributed by atoms with van der Waals surface area (Å²) in [4.78, 5) is 31.1. The van der Waals surface area contributed by atoms with Crippen molar-refractivity contribution in [3.63, 3.8) is 0 Å². The number of hydrogen-bond donors (Lipinski definition) is 0. The van der Waals surface area contributed by atoms with E-state index in [1.165, 1.54) is 0 Å². The van der Waals surface area contributed by atoms with Crippen LogP contribution in [0.25, 0.3) is 11.0 Å². The molecule has 0 spiro atoms. The third-order valence-corrected chi connectivity index (χ3v) is 6.18. The monoisotopic (exact) mass is 434 g/mol. The fraction of sp³-hybridized carbons (Fsp3) is 0.385. The van der Waals surface area contributed by atoms with Crippen molar-refractivity contribution in [1.82, 2.24) is 9.80 Å². The number of rotatable bonds is 8. The van der Waals surface area contributed by atoms with Gasteiger partial charge in [0.15, 0.2) is 5.43 Å². The van der Waals surface area contributed by atoms with Crippen LogP contribution in [0, 0.1) is 6.92 Å². The number of carbonyl (C=O) groups is 1. The Morgan fingerprint density at radius 1 is 1.03 bits per heavy atom. The molecule has 0 saturated heterocycles. The molecule has 2 aromatic carbocycles. The molecule has 1 amide bonds. The van der Waals surface area contributed by atoms with Crippen LogP contribution in [-0.2, 0) is 0 Å². The van der Waals surface area contributed by atoms with Gasteiger partial charge in [0.1, 0.15) is 11.3 Å². The van der Waals surface area contributed by atoms with Crippen LogP contribution in [-0.4, -0.2) is 48.5 Å². The Balaban J connectivity index is 1.84. The Hall–Kier alpha value is -3.12. The van der Waals surface area contributed by atoms with Gasteiger partial charge in [0.05, 0.1) is 23.6 Å². The molecule has 1 atom stereocenters. The van der Waals surface area contributed by atoms with E-state index >= 15 is 0 Å². The molecule has 0 aliphatic carbocycles. The van der Waals surface area contributed by atoms with E-state index < -0.39 is 6.04 Å². The molecule has 4 rings (SSSR count). The molecule has 6 heteroatoms. The smallest absolute Gasteiger partial charge is 0.290 e. The lowest BCUT2D eigenvalue weighted by molar-refractivity contribution is 0.0708. The van der Waals surface area contributed by atoms with E-state index in [-0.39, 0.29) is 17.1 Å². The first kappa shape index (κ1) is 22.1. The number of carbonyl (C=O) groups excluding carboxylic acids is 1. The summed E-state index contributed by atoms with van der Waals surface area (Å²) in [7, 11) is 0. The van der Waals surface area contributed by atoms with E-state index in [1.54, 1.807) is 11.0 Å². The van der Waals surface area contributed by atoms with Crippen molar-refractivity contribution in [2.24, 2.45) is 0 Å². The number of likely N-dealkylation sites (N-methyl/N-ethyl adjacent to an activating group) is 1. The first-order chi connectivity index (χ1) is 15.5. The zero-order valence-corrected chi connectivity index (χ0v) is 19.2. The Bertz CT molecular complexity index is 1180. The highest BCUT2D eigenvalue weighted by Gasteiger charge is 2.42. The van der Waals surface area contributed by atoms with Crippen molar-refractivity contribution >= 4 is 16.9 Å². The maximum absolute atomic E-state index is 13.6.